The summed E-state index contributed by atoms with van der Waals surface area (Å²) in [5, 5.41) is 3.52. The van der Waals surface area contributed by atoms with Crippen LogP contribution in [0.25, 0.3) is 0 Å². The van der Waals surface area contributed by atoms with Crippen LogP contribution < -0.4 is 10.2 Å². The lowest BCUT2D eigenvalue weighted by molar-refractivity contribution is 0.0216. The number of rotatable bonds is 5. The van der Waals surface area contributed by atoms with E-state index in [2.05, 4.69) is 62.3 Å². The Morgan fingerprint density at radius 1 is 1.19 bits per heavy atom. The minimum absolute atomic E-state index is 0.161. The molecule has 1 unspecified atom stereocenters. The molecule has 1 heterocycles. The van der Waals surface area contributed by atoms with Gasteiger partial charge in [0.25, 0.3) is 0 Å². The zero-order valence-electron chi connectivity index (χ0n) is 14.0. The van der Waals surface area contributed by atoms with Crippen LogP contribution in [-0.4, -0.2) is 31.8 Å². The molecule has 21 heavy (non-hydrogen) atoms. The topological polar surface area (TPSA) is 24.5 Å². The van der Waals surface area contributed by atoms with Crippen molar-refractivity contribution >= 4 is 5.69 Å². The Bertz CT molecular complexity index is 416. The molecule has 1 aliphatic heterocycles. The Labute approximate surface area is 129 Å². The first kappa shape index (κ1) is 16.3. The van der Waals surface area contributed by atoms with Crippen molar-refractivity contribution in [2.24, 2.45) is 0 Å². The fourth-order valence-electron chi connectivity index (χ4n) is 2.60. The molecule has 1 aromatic rings. The summed E-state index contributed by atoms with van der Waals surface area (Å²) in [6, 6.07) is 8.85. The van der Waals surface area contributed by atoms with Crippen molar-refractivity contribution in [1.82, 2.24) is 5.32 Å². The van der Waals surface area contributed by atoms with Gasteiger partial charge >= 0.3 is 0 Å². The summed E-state index contributed by atoms with van der Waals surface area (Å²) in [6.07, 6.45) is 4.11. The monoisotopic (exact) mass is 290 g/mol. The molecule has 2 rings (SSSR count). The predicted molar refractivity (Wildman–Crippen MR) is 89.9 cm³/mol. The molecule has 0 saturated carbocycles. The van der Waals surface area contributed by atoms with Crippen molar-refractivity contribution in [2.45, 2.75) is 58.2 Å². The summed E-state index contributed by atoms with van der Waals surface area (Å²) in [5.74, 6) is 0. The molecule has 1 saturated heterocycles. The van der Waals surface area contributed by atoms with Crippen LogP contribution in [0.1, 0.15) is 45.6 Å². The van der Waals surface area contributed by atoms with Gasteiger partial charge < -0.3 is 15.0 Å². The zero-order chi connectivity index (χ0) is 15.3. The standard InChI is InChI=1S/C18H30N2O/c1-18(2,3)19-13-15-8-10-16(11-9-15)20(4)14-17-7-5-6-12-21-17/h8-11,17,19H,5-7,12-14H2,1-4H3. The van der Waals surface area contributed by atoms with Gasteiger partial charge in [0.1, 0.15) is 0 Å². The molecule has 0 amide bonds. The van der Waals surface area contributed by atoms with E-state index in [1.807, 2.05) is 0 Å². The molecule has 0 spiro atoms. The van der Waals surface area contributed by atoms with Crippen LogP contribution in [0.5, 0.6) is 0 Å². The van der Waals surface area contributed by atoms with Gasteiger partial charge in [-0.3, -0.25) is 0 Å². The molecule has 118 valence electrons. The Morgan fingerprint density at radius 3 is 2.48 bits per heavy atom. The van der Waals surface area contributed by atoms with E-state index in [1.54, 1.807) is 0 Å². The summed E-state index contributed by atoms with van der Waals surface area (Å²) < 4.78 is 5.82. The zero-order valence-corrected chi connectivity index (χ0v) is 14.0. The summed E-state index contributed by atoms with van der Waals surface area (Å²) in [5.41, 5.74) is 2.76. The minimum atomic E-state index is 0.161. The highest BCUT2D eigenvalue weighted by Gasteiger charge is 2.16. The Kier molecular flexibility index (Phi) is 5.65. The maximum atomic E-state index is 5.82. The number of hydrogen-bond donors (Lipinski definition) is 1. The van der Waals surface area contributed by atoms with Crippen LogP contribution in [0.15, 0.2) is 24.3 Å². The van der Waals surface area contributed by atoms with Gasteiger partial charge in [-0.2, -0.15) is 0 Å². The van der Waals surface area contributed by atoms with Crippen molar-refractivity contribution in [3.63, 3.8) is 0 Å². The fourth-order valence-corrected chi connectivity index (χ4v) is 2.60. The van der Waals surface area contributed by atoms with E-state index in [0.717, 1.165) is 19.7 Å². The third-order valence-electron chi connectivity index (χ3n) is 3.95. The van der Waals surface area contributed by atoms with Crippen molar-refractivity contribution in [3.8, 4) is 0 Å². The van der Waals surface area contributed by atoms with Crippen molar-refractivity contribution in [3.05, 3.63) is 29.8 Å². The van der Waals surface area contributed by atoms with E-state index in [0.29, 0.717) is 6.10 Å². The molecule has 0 radical (unpaired) electrons. The Morgan fingerprint density at radius 2 is 1.90 bits per heavy atom. The number of anilines is 1. The van der Waals surface area contributed by atoms with Gasteiger partial charge in [0.2, 0.25) is 0 Å². The lowest BCUT2D eigenvalue weighted by Gasteiger charge is -2.28. The smallest absolute Gasteiger partial charge is 0.0749 e. The van der Waals surface area contributed by atoms with E-state index in [-0.39, 0.29) is 5.54 Å². The molecule has 1 N–H and O–H groups in total. The summed E-state index contributed by atoms with van der Waals surface area (Å²) >= 11 is 0. The van der Waals surface area contributed by atoms with Gasteiger partial charge in [0, 0.05) is 38.0 Å². The van der Waals surface area contributed by atoms with Gasteiger partial charge in [0.15, 0.2) is 0 Å². The molecular weight excluding hydrogens is 260 g/mol. The Hall–Kier alpha value is -1.06. The molecule has 1 fully saturated rings. The first-order valence-corrected chi connectivity index (χ1v) is 8.11. The van der Waals surface area contributed by atoms with Crippen molar-refractivity contribution < 1.29 is 4.74 Å². The maximum absolute atomic E-state index is 5.82. The van der Waals surface area contributed by atoms with Crippen molar-refractivity contribution in [2.75, 3.05) is 25.1 Å². The maximum Gasteiger partial charge on any atom is 0.0749 e. The van der Waals surface area contributed by atoms with Gasteiger partial charge in [-0.25, -0.2) is 0 Å². The van der Waals surface area contributed by atoms with Gasteiger partial charge in [-0.15, -0.1) is 0 Å². The van der Waals surface area contributed by atoms with Crippen LogP contribution >= 0.6 is 0 Å². The summed E-state index contributed by atoms with van der Waals surface area (Å²) in [7, 11) is 2.15. The SMILES string of the molecule is CN(CC1CCCCO1)c1ccc(CNC(C)(C)C)cc1. The van der Waals surface area contributed by atoms with Gasteiger partial charge in [-0.05, 0) is 57.7 Å². The van der Waals surface area contributed by atoms with E-state index >= 15 is 0 Å². The van der Waals surface area contributed by atoms with Crippen LogP contribution in [0.3, 0.4) is 0 Å². The summed E-state index contributed by atoms with van der Waals surface area (Å²) in [6.45, 7) is 9.41. The molecule has 0 bridgehead atoms. The van der Waals surface area contributed by atoms with Gasteiger partial charge in [-0.1, -0.05) is 12.1 Å². The van der Waals surface area contributed by atoms with Crippen LogP contribution in [0, 0.1) is 0 Å². The van der Waals surface area contributed by atoms with E-state index in [4.69, 9.17) is 4.74 Å². The number of hydrogen-bond acceptors (Lipinski definition) is 3. The van der Waals surface area contributed by atoms with Crippen LogP contribution in [-0.2, 0) is 11.3 Å². The van der Waals surface area contributed by atoms with E-state index in [1.165, 1.54) is 30.5 Å². The molecule has 1 atom stereocenters. The fraction of sp³-hybridized carbons (Fsp3) is 0.667. The first-order valence-electron chi connectivity index (χ1n) is 8.11. The molecular formula is C18H30N2O. The molecule has 3 nitrogen and oxygen atoms in total. The third-order valence-corrected chi connectivity index (χ3v) is 3.95. The normalized spacial score (nSPS) is 19.5. The van der Waals surface area contributed by atoms with Gasteiger partial charge in [0.05, 0.1) is 6.10 Å². The molecule has 1 aromatic carbocycles. The number of ether oxygens (including phenoxy) is 1. The lowest BCUT2D eigenvalue weighted by atomic mass is 10.1. The number of benzene rings is 1. The van der Waals surface area contributed by atoms with Crippen molar-refractivity contribution in [1.29, 1.82) is 0 Å². The second kappa shape index (κ2) is 7.28. The Balaban J connectivity index is 1.85. The summed E-state index contributed by atoms with van der Waals surface area (Å²) in [4.78, 5) is 2.30. The highest BCUT2D eigenvalue weighted by molar-refractivity contribution is 5.47. The van der Waals surface area contributed by atoms with Crippen LogP contribution in [0.4, 0.5) is 5.69 Å². The highest BCUT2D eigenvalue weighted by Crippen LogP contribution is 2.18. The number of nitrogens with zero attached hydrogens (tertiary/aromatic N) is 1. The second-order valence-electron chi connectivity index (χ2n) is 7.14. The second-order valence-corrected chi connectivity index (χ2v) is 7.14. The quantitative estimate of drug-likeness (QED) is 0.897. The molecule has 1 aliphatic rings. The minimum Gasteiger partial charge on any atom is -0.376 e. The number of likely N-dealkylation sites (N-methyl/N-ethyl adjacent to an activating group) is 1. The largest absolute Gasteiger partial charge is 0.376 e. The molecule has 0 aromatic heterocycles. The van der Waals surface area contributed by atoms with E-state index < -0.39 is 0 Å². The lowest BCUT2D eigenvalue weighted by Crippen LogP contribution is -2.35. The van der Waals surface area contributed by atoms with Crippen LogP contribution in [0.2, 0.25) is 0 Å². The predicted octanol–water partition coefficient (Wildman–Crippen LogP) is 3.58. The van der Waals surface area contributed by atoms with E-state index in [9.17, 15) is 0 Å². The molecule has 0 aliphatic carbocycles. The third kappa shape index (κ3) is 5.68. The number of nitrogens with one attached hydrogen (secondary N) is 1. The molecule has 3 heteroatoms. The average Bonchev–Trinajstić information content (AvgIpc) is 2.46. The highest BCUT2D eigenvalue weighted by atomic mass is 16.5. The average molecular weight is 290 g/mol. The first-order chi connectivity index (χ1) is 9.94.